The van der Waals surface area contributed by atoms with E-state index in [1.807, 2.05) is 0 Å². The fourth-order valence-electron chi connectivity index (χ4n) is 11.5. The van der Waals surface area contributed by atoms with Gasteiger partial charge >= 0.3 is 0 Å². The number of amidine groups is 1. The quantitative estimate of drug-likeness (QED) is 0.281. The van der Waals surface area contributed by atoms with Gasteiger partial charge in [0.05, 0.1) is 5.75 Å². The van der Waals surface area contributed by atoms with Crippen LogP contribution in [0.4, 0.5) is 0 Å². The van der Waals surface area contributed by atoms with Crippen LogP contribution < -0.4 is 0 Å². The lowest BCUT2D eigenvalue weighted by Gasteiger charge is -2.60. The molecule has 1 saturated heterocycles. The van der Waals surface area contributed by atoms with Crippen LogP contribution in [-0.2, 0) is 4.79 Å². The number of thioether (sulfide) groups is 1. The molecule has 0 bridgehead atoms. The van der Waals surface area contributed by atoms with Crippen LogP contribution in [0.5, 0.6) is 0 Å². The van der Waals surface area contributed by atoms with Gasteiger partial charge in [0.25, 0.3) is 0 Å². The van der Waals surface area contributed by atoms with Crippen LogP contribution >= 0.6 is 11.8 Å². The molecule has 0 radical (unpaired) electrons. The van der Waals surface area contributed by atoms with E-state index in [1.165, 1.54) is 102 Å². The summed E-state index contributed by atoms with van der Waals surface area (Å²) in [7, 11) is 0. The number of fused-ring (bicyclic) bond motifs is 5. The molecule has 1 amide bonds. The Hall–Kier alpha value is -0.840. The summed E-state index contributed by atoms with van der Waals surface area (Å²) in [5.74, 6) is 6.43. The van der Waals surface area contributed by atoms with Crippen LogP contribution in [0, 0.1) is 52.3 Å². The normalized spacial score (nSPS) is 42.5. The monoisotopic (exact) mass is 581 g/mol. The van der Waals surface area contributed by atoms with Gasteiger partial charge in [0, 0.05) is 17.7 Å². The van der Waals surface area contributed by atoms with Crippen LogP contribution in [-0.4, -0.2) is 33.5 Å². The largest absolute Gasteiger partial charge is 0.286 e. The van der Waals surface area contributed by atoms with Gasteiger partial charge in [-0.2, -0.15) is 5.10 Å². The maximum absolute atomic E-state index is 12.9. The Morgan fingerprint density at radius 1 is 0.854 bits per heavy atom. The van der Waals surface area contributed by atoms with Crippen molar-refractivity contribution in [3.05, 3.63) is 0 Å². The van der Waals surface area contributed by atoms with E-state index < -0.39 is 0 Å². The molecule has 6 fully saturated rings. The summed E-state index contributed by atoms with van der Waals surface area (Å²) < 4.78 is 0. The van der Waals surface area contributed by atoms with Gasteiger partial charge in [0.15, 0.2) is 5.17 Å². The summed E-state index contributed by atoms with van der Waals surface area (Å²) >= 11 is 1.64. The summed E-state index contributed by atoms with van der Waals surface area (Å²) in [4.78, 5) is 15.0. The molecule has 0 N–H and O–H groups in total. The third-order valence-corrected chi connectivity index (χ3v) is 14.5. The average Bonchev–Trinajstić information content (AvgIpc) is 3.51. The highest BCUT2D eigenvalue weighted by atomic mass is 32.2. The molecule has 6 rings (SSSR count). The van der Waals surface area contributed by atoms with Crippen molar-refractivity contribution < 1.29 is 4.79 Å². The molecule has 4 nitrogen and oxygen atoms in total. The zero-order valence-corrected chi connectivity index (χ0v) is 27.8. The van der Waals surface area contributed by atoms with Gasteiger partial charge < -0.3 is 0 Å². The van der Waals surface area contributed by atoms with Crippen LogP contribution in [0.2, 0.25) is 0 Å². The minimum Gasteiger partial charge on any atom is -0.286 e. The summed E-state index contributed by atoms with van der Waals surface area (Å²) in [6.07, 6.45) is 22.5. The van der Waals surface area contributed by atoms with E-state index in [1.54, 1.807) is 11.8 Å². The molecule has 8 atom stereocenters. The fourth-order valence-corrected chi connectivity index (χ4v) is 12.4. The molecule has 41 heavy (non-hydrogen) atoms. The van der Waals surface area contributed by atoms with Gasteiger partial charge in [0.1, 0.15) is 0 Å². The zero-order valence-electron chi connectivity index (χ0n) is 27.0. The van der Waals surface area contributed by atoms with E-state index in [2.05, 4.69) is 39.5 Å². The molecule has 5 heteroatoms. The number of carbonyl (C=O) groups is 1. The Morgan fingerprint density at radius 2 is 1.61 bits per heavy atom. The van der Waals surface area contributed by atoms with Crippen LogP contribution in [0.25, 0.3) is 0 Å². The van der Waals surface area contributed by atoms with E-state index >= 15 is 0 Å². The Balaban J connectivity index is 1.25. The van der Waals surface area contributed by atoms with Crippen molar-refractivity contribution in [1.29, 1.82) is 0 Å². The number of carbonyl (C=O) groups excluding carboxylic acids is 1. The van der Waals surface area contributed by atoms with Crippen molar-refractivity contribution in [2.45, 2.75) is 150 Å². The first-order chi connectivity index (χ1) is 19.7. The van der Waals surface area contributed by atoms with Crippen molar-refractivity contribution in [2.75, 3.05) is 5.75 Å². The van der Waals surface area contributed by atoms with Crippen molar-refractivity contribution in [2.24, 2.45) is 62.5 Å². The van der Waals surface area contributed by atoms with E-state index in [0.717, 1.165) is 53.5 Å². The second-order valence-corrected chi connectivity index (χ2v) is 17.2. The minimum absolute atomic E-state index is 0.259. The van der Waals surface area contributed by atoms with Gasteiger partial charge in [-0.1, -0.05) is 97.7 Å². The SMILES string of the molecule is CC(C)CCC[C@@H](C)[C@H]1CC[C@H]2[C@@H]3C/C(=N\N=C4/SCC(=O)N4C4CCCCC4)C4CCCC[C@]4(C)[C@H]3CC[C@]12C. The number of hydrogen-bond acceptors (Lipinski definition) is 4. The third-order valence-electron chi connectivity index (χ3n) is 13.6. The van der Waals surface area contributed by atoms with Gasteiger partial charge in [-0.15, -0.1) is 5.10 Å². The van der Waals surface area contributed by atoms with Crippen molar-refractivity contribution in [3.8, 4) is 0 Å². The average molecular weight is 582 g/mol. The molecular weight excluding hydrogens is 522 g/mol. The standard InChI is InChI=1S/C36H59N3OS/c1-24(2)12-11-13-25(3)28-17-18-29-27-22-32(31-16-9-10-20-35(31,4)30(27)19-21-36(28,29)5)37-38-34-39(33(40)23-41-34)26-14-7-6-8-15-26/h24-31H,6-23H2,1-5H3/b37-32+,38-34-/t25-,27+,28-,29+,30+,31?,35-,36-/m1/s1. The smallest absolute Gasteiger partial charge is 0.239 e. The van der Waals surface area contributed by atoms with Gasteiger partial charge in [-0.05, 0) is 104 Å². The van der Waals surface area contributed by atoms with Crippen molar-refractivity contribution in [1.82, 2.24) is 4.90 Å². The number of rotatable bonds is 7. The van der Waals surface area contributed by atoms with E-state index in [-0.39, 0.29) is 5.91 Å². The number of nitrogens with zero attached hydrogens (tertiary/aromatic N) is 3. The van der Waals surface area contributed by atoms with E-state index in [4.69, 9.17) is 10.2 Å². The lowest BCUT2D eigenvalue weighted by atomic mass is 9.44. The minimum atomic E-state index is 0.259. The second kappa shape index (κ2) is 12.3. The van der Waals surface area contributed by atoms with E-state index in [0.29, 0.717) is 28.5 Å². The number of hydrogen-bond donors (Lipinski definition) is 0. The molecule has 6 aliphatic rings. The molecule has 1 aliphatic heterocycles. The molecule has 1 heterocycles. The molecule has 5 saturated carbocycles. The molecule has 0 aromatic carbocycles. The molecule has 0 aromatic rings. The Morgan fingerprint density at radius 3 is 2.39 bits per heavy atom. The first-order valence-corrected chi connectivity index (χ1v) is 18.8. The molecule has 5 aliphatic carbocycles. The highest BCUT2D eigenvalue weighted by Crippen LogP contribution is 2.68. The van der Waals surface area contributed by atoms with E-state index in [9.17, 15) is 4.79 Å². The fraction of sp³-hybridized carbons (Fsp3) is 0.917. The Kier molecular flexibility index (Phi) is 9.04. The highest BCUT2D eigenvalue weighted by molar-refractivity contribution is 8.15. The van der Waals surface area contributed by atoms with Crippen molar-refractivity contribution in [3.63, 3.8) is 0 Å². The lowest BCUT2D eigenvalue weighted by molar-refractivity contribution is -0.126. The Bertz CT molecular complexity index is 1020. The predicted molar refractivity (Wildman–Crippen MR) is 174 cm³/mol. The summed E-state index contributed by atoms with van der Waals surface area (Å²) in [5.41, 5.74) is 2.28. The molecule has 0 aromatic heterocycles. The van der Waals surface area contributed by atoms with Crippen LogP contribution in [0.15, 0.2) is 10.2 Å². The van der Waals surface area contributed by atoms with Crippen molar-refractivity contribution >= 4 is 28.5 Å². The molecule has 0 spiro atoms. The van der Waals surface area contributed by atoms with Gasteiger partial charge in [-0.25, -0.2) is 0 Å². The first-order valence-electron chi connectivity index (χ1n) is 17.8. The molecule has 1 unspecified atom stereocenters. The zero-order chi connectivity index (χ0) is 28.8. The predicted octanol–water partition coefficient (Wildman–Crippen LogP) is 9.73. The maximum atomic E-state index is 12.9. The Labute approximate surface area is 255 Å². The topological polar surface area (TPSA) is 45.0 Å². The van der Waals surface area contributed by atoms with Crippen LogP contribution in [0.3, 0.4) is 0 Å². The van der Waals surface area contributed by atoms with Gasteiger partial charge in [-0.3, -0.25) is 9.69 Å². The highest BCUT2D eigenvalue weighted by Gasteiger charge is 2.61. The molecule has 230 valence electrons. The second-order valence-electron chi connectivity index (χ2n) is 16.2. The van der Waals surface area contributed by atoms with Gasteiger partial charge in [0.2, 0.25) is 5.91 Å². The summed E-state index contributed by atoms with van der Waals surface area (Å²) in [5, 5.41) is 11.1. The molecular formula is C36H59N3OS. The summed E-state index contributed by atoms with van der Waals surface area (Å²) in [6, 6.07) is 0.345. The maximum Gasteiger partial charge on any atom is 0.239 e. The first kappa shape index (κ1) is 30.2. The summed E-state index contributed by atoms with van der Waals surface area (Å²) in [6.45, 7) is 12.7. The van der Waals surface area contributed by atoms with Crippen LogP contribution in [0.1, 0.15) is 144 Å². The lowest BCUT2D eigenvalue weighted by Crippen LogP contribution is -2.56. The number of amides is 1. The third kappa shape index (κ3) is 5.61.